The molecule has 2 heterocycles. The van der Waals surface area contributed by atoms with Gasteiger partial charge in [0.1, 0.15) is 0 Å². The molecule has 0 spiro atoms. The fourth-order valence-corrected chi connectivity index (χ4v) is 3.60. The van der Waals surface area contributed by atoms with E-state index in [9.17, 15) is 4.79 Å². The molecule has 2 rings (SSSR count). The molecule has 6 nitrogen and oxygen atoms in total. The van der Waals surface area contributed by atoms with Crippen molar-refractivity contribution in [2.24, 2.45) is 4.99 Å². The largest absolute Gasteiger partial charge is 0.450 e. The number of halogens is 1. The zero-order chi connectivity index (χ0) is 18.1. The quantitative estimate of drug-likeness (QED) is 0.360. The van der Waals surface area contributed by atoms with Crippen molar-refractivity contribution >= 4 is 47.4 Å². The molecule has 0 aliphatic carbocycles. The minimum atomic E-state index is -0.203. The van der Waals surface area contributed by atoms with Gasteiger partial charge in [0.15, 0.2) is 5.96 Å². The van der Waals surface area contributed by atoms with Crippen LogP contribution in [0.2, 0.25) is 0 Å². The van der Waals surface area contributed by atoms with Crippen LogP contribution >= 0.6 is 35.3 Å². The van der Waals surface area contributed by atoms with Crippen LogP contribution in [0.3, 0.4) is 0 Å². The normalized spacial score (nSPS) is 16.6. The summed E-state index contributed by atoms with van der Waals surface area (Å²) in [5.74, 6) is 1.28. The number of thiophene rings is 1. The third-order valence-corrected chi connectivity index (χ3v) is 5.36. The van der Waals surface area contributed by atoms with Crippen LogP contribution in [0.4, 0.5) is 4.79 Å². The number of hydrogen-bond donors (Lipinski definition) is 2. The zero-order valence-electron chi connectivity index (χ0n) is 15.9. The van der Waals surface area contributed by atoms with Gasteiger partial charge in [-0.15, -0.1) is 35.3 Å². The second kappa shape index (κ2) is 12.4. The van der Waals surface area contributed by atoms with Gasteiger partial charge in [-0.05, 0) is 38.1 Å². The number of aliphatic imine (C=N–C) groups is 1. The minimum Gasteiger partial charge on any atom is -0.450 e. The summed E-state index contributed by atoms with van der Waals surface area (Å²) in [5, 5.41) is 8.94. The van der Waals surface area contributed by atoms with E-state index in [0.29, 0.717) is 18.6 Å². The first-order chi connectivity index (χ1) is 12.1. The van der Waals surface area contributed by atoms with Gasteiger partial charge in [0.2, 0.25) is 0 Å². The first kappa shape index (κ1) is 23.0. The third-order valence-electron chi connectivity index (χ3n) is 4.26. The smallest absolute Gasteiger partial charge is 0.409 e. The monoisotopic (exact) mass is 494 g/mol. The van der Waals surface area contributed by atoms with E-state index in [4.69, 9.17) is 9.73 Å². The SMILES string of the molecule is CCNC(=NCC(C)c1cccs1)NC1CCN(C(=O)OCC)CC1.I. The predicted octanol–water partition coefficient (Wildman–Crippen LogP) is 3.65. The van der Waals surface area contributed by atoms with Gasteiger partial charge in [-0.1, -0.05) is 13.0 Å². The van der Waals surface area contributed by atoms with Crippen molar-refractivity contribution < 1.29 is 9.53 Å². The Kier molecular flexibility index (Phi) is 11.0. The van der Waals surface area contributed by atoms with Crippen LogP contribution in [0.25, 0.3) is 0 Å². The molecule has 26 heavy (non-hydrogen) atoms. The van der Waals surface area contributed by atoms with Crippen LogP contribution in [-0.2, 0) is 4.74 Å². The lowest BCUT2D eigenvalue weighted by Gasteiger charge is -2.32. The summed E-state index contributed by atoms with van der Waals surface area (Å²) in [6, 6.07) is 4.58. The molecular formula is C18H31IN4O2S. The van der Waals surface area contributed by atoms with E-state index in [1.807, 2.05) is 6.92 Å². The summed E-state index contributed by atoms with van der Waals surface area (Å²) in [4.78, 5) is 19.7. The Morgan fingerprint density at radius 2 is 2.15 bits per heavy atom. The molecule has 0 radical (unpaired) electrons. The van der Waals surface area contributed by atoms with Gasteiger partial charge < -0.3 is 20.3 Å². The molecule has 1 saturated heterocycles. The highest BCUT2D eigenvalue weighted by atomic mass is 127. The Morgan fingerprint density at radius 1 is 1.42 bits per heavy atom. The minimum absolute atomic E-state index is 0. The number of rotatable bonds is 6. The number of nitrogens with one attached hydrogen (secondary N) is 2. The van der Waals surface area contributed by atoms with Crippen molar-refractivity contribution in [2.45, 2.75) is 45.6 Å². The Bertz CT molecular complexity index is 545. The Morgan fingerprint density at radius 3 is 2.73 bits per heavy atom. The van der Waals surface area contributed by atoms with Crippen molar-refractivity contribution in [2.75, 3.05) is 32.8 Å². The van der Waals surface area contributed by atoms with Crippen molar-refractivity contribution in [3.8, 4) is 0 Å². The number of carbonyl (C=O) groups excluding carboxylic acids is 1. The number of piperidine rings is 1. The molecule has 1 aliphatic rings. The molecule has 1 atom stereocenters. The lowest BCUT2D eigenvalue weighted by atomic mass is 10.1. The summed E-state index contributed by atoms with van der Waals surface area (Å²) in [6.45, 7) is 9.58. The van der Waals surface area contributed by atoms with E-state index in [1.165, 1.54) is 4.88 Å². The third kappa shape index (κ3) is 7.30. The Balaban J connectivity index is 0.00000338. The van der Waals surface area contributed by atoms with Gasteiger partial charge in [-0.25, -0.2) is 4.79 Å². The average Bonchev–Trinajstić information content (AvgIpc) is 3.15. The number of ether oxygens (including phenoxy) is 1. The van der Waals surface area contributed by atoms with Crippen molar-refractivity contribution in [1.29, 1.82) is 0 Å². The predicted molar refractivity (Wildman–Crippen MR) is 119 cm³/mol. The number of carbonyl (C=O) groups is 1. The fourth-order valence-electron chi connectivity index (χ4n) is 2.82. The van der Waals surface area contributed by atoms with Crippen LogP contribution < -0.4 is 10.6 Å². The molecule has 2 N–H and O–H groups in total. The fraction of sp³-hybridized carbons (Fsp3) is 0.667. The highest BCUT2D eigenvalue weighted by molar-refractivity contribution is 14.0. The number of likely N-dealkylation sites (tertiary alicyclic amines) is 1. The Hall–Kier alpha value is -1.03. The summed E-state index contributed by atoms with van der Waals surface area (Å²) in [5.41, 5.74) is 0. The molecule has 1 aromatic rings. The number of nitrogens with zero attached hydrogens (tertiary/aromatic N) is 2. The van der Waals surface area contributed by atoms with E-state index in [-0.39, 0.29) is 30.1 Å². The van der Waals surface area contributed by atoms with E-state index in [0.717, 1.165) is 45.0 Å². The van der Waals surface area contributed by atoms with Crippen molar-refractivity contribution in [3.63, 3.8) is 0 Å². The first-order valence-electron chi connectivity index (χ1n) is 9.14. The lowest BCUT2D eigenvalue weighted by molar-refractivity contribution is 0.0963. The second-order valence-corrected chi connectivity index (χ2v) is 7.22. The van der Waals surface area contributed by atoms with Crippen LogP contribution in [0.5, 0.6) is 0 Å². The van der Waals surface area contributed by atoms with Gasteiger partial charge in [-0.2, -0.15) is 0 Å². The topological polar surface area (TPSA) is 66.0 Å². The summed E-state index contributed by atoms with van der Waals surface area (Å²) < 4.78 is 5.07. The zero-order valence-corrected chi connectivity index (χ0v) is 19.0. The van der Waals surface area contributed by atoms with Gasteiger partial charge >= 0.3 is 6.09 Å². The maximum Gasteiger partial charge on any atom is 0.409 e. The standard InChI is InChI=1S/C18H30N4O2S.HI/c1-4-19-17(20-13-14(3)16-7-6-12-25-16)21-15-8-10-22(11-9-15)18(23)24-5-2;/h6-7,12,14-15H,4-5,8-11,13H2,1-3H3,(H2,19,20,21);1H. The molecule has 1 aliphatic heterocycles. The van der Waals surface area contributed by atoms with E-state index >= 15 is 0 Å². The van der Waals surface area contributed by atoms with Crippen LogP contribution in [-0.4, -0.2) is 55.8 Å². The molecule has 0 aromatic carbocycles. The van der Waals surface area contributed by atoms with Crippen LogP contribution in [0.15, 0.2) is 22.5 Å². The van der Waals surface area contributed by atoms with E-state index < -0.39 is 0 Å². The van der Waals surface area contributed by atoms with Gasteiger partial charge in [0.25, 0.3) is 0 Å². The number of amides is 1. The van der Waals surface area contributed by atoms with Gasteiger partial charge in [0, 0.05) is 36.5 Å². The maximum absolute atomic E-state index is 11.8. The first-order valence-corrected chi connectivity index (χ1v) is 10.0. The molecule has 148 valence electrons. The summed E-state index contributed by atoms with van der Waals surface area (Å²) in [7, 11) is 0. The molecule has 1 aromatic heterocycles. The molecule has 0 bridgehead atoms. The van der Waals surface area contributed by atoms with E-state index in [1.54, 1.807) is 16.2 Å². The molecule has 0 saturated carbocycles. The lowest BCUT2D eigenvalue weighted by Crippen LogP contribution is -2.50. The van der Waals surface area contributed by atoms with E-state index in [2.05, 4.69) is 42.0 Å². The average molecular weight is 494 g/mol. The Labute approximate surface area is 177 Å². The molecular weight excluding hydrogens is 463 g/mol. The molecule has 8 heteroatoms. The second-order valence-electron chi connectivity index (χ2n) is 6.24. The molecule has 1 unspecified atom stereocenters. The van der Waals surface area contributed by atoms with Gasteiger partial charge in [0.05, 0.1) is 13.2 Å². The van der Waals surface area contributed by atoms with Crippen LogP contribution in [0.1, 0.15) is 44.4 Å². The molecule has 1 fully saturated rings. The van der Waals surface area contributed by atoms with Crippen molar-refractivity contribution in [1.82, 2.24) is 15.5 Å². The van der Waals surface area contributed by atoms with Gasteiger partial charge in [-0.3, -0.25) is 4.99 Å². The highest BCUT2D eigenvalue weighted by Gasteiger charge is 2.24. The number of guanidine groups is 1. The number of hydrogen-bond acceptors (Lipinski definition) is 4. The molecule has 1 amide bonds. The summed E-state index contributed by atoms with van der Waals surface area (Å²) in [6.07, 6.45) is 1.61. The van der Waals surface area contributed by atoms with Crippen molar-refractivity contribution in [3.05, 3.63) is 22.4 Å². The van der Waals surface area contributed by atoms with Crippen LogP contribution in [0, 0.1) is 0 Å². The maximum atomic E-state index is 11.8. The summed E-state index contributed by atoms with van der Waals surface area (Å²) >= 11 is 1.78. The highest BCUT2D eigenvalue weighted by Crippen LogP contribution is 2.20.